The van der Waals surface area contributed by atoms with Gasteiger partial charge in [-0.25, -0.2) is 4.79 Å². The number of carbonyl (C=O) groups is 2. The Bertz CT molecular complexity index is 1510. The lowest BCUT2D eigenvalue weighted by molar-refractivity contribution is -0.124. The molecule has 8 nitrogen and oxygen atoms in total. The molecule has 4 aromatic rings. The Balaban J connectivity index is 0.000000324. The number of nitrogens with zero attached hydrogens (tertiary/aromatic N) is 2. The Kier molecular flexibility index (Phi) is 8.34. The van der Waals surface area contributed by atoms with Crippen molar-refractivity contribution in [1.29, 1.82) is 0 Å². The van der Waals surface area contributed by atoms with Crippen LogP contribution in [0.4, 0.5) is 0 Å². The lowest BCUT2D eigenvalue weighted by atomic mass is 9.74. The number of likely N-dealkylation sites (N-methyl/N-ethyl adjacent to an activating group) is 1. The quantitative estimate of drug-likeness (QED) is 0.419. The summed E-state index contributed by atoms with van der Waals surface area (Å²) in [5.41, 5.74) is 2.41. The average molecular weight is 499 g/mol. The lowest BCUT2D eigenvalue weighted by Gasteiger charge is -2.29. The van der Waals surface area contributed by atoms with Crippen molar-refractivity contribution >= 4 is 11.7 Å². The zero-order chi connectivity index (χ0) is 25.7. The van der Waals surface area contributed by atoms with Crippen LogP contribution in [0.2, 0.25) is 0 Å². The largest absolute Gasteiger partial charge is 0.358 e. The van der Waals surface area contributed by atoms with Gasteiger partial charge in [-0.05, 0) is 48.6 Å². The molecule has 1 heterocycles. The van der Waals surface area contributed by atoms with Crippen molar-refractivity contribution in [2.45, 2.75) is 32.6 Å². The summed E-state index contributed by atoms with van der Waals surface area (Å²) in [5.74, 6) is 0.0649. The summed E-state index contributed by atoms with van der Waals surface area (Å²) in [6, 6.07) is 24.3. The highest BCUT2D eigenvalue weighted by atomic mass is 16.2. The molecule has 3 aromatic carbocycles. The molecule has 2 N–H and O–H groups in total. The van der Waals surface area contributed by atoms with E-state index in [0.717, 1.165) is 34.0 Å². The van der Waals surface area contributed by atoms with Gasteiger partial charge in [-0.15, -0.1) is 0 Å². The number of aryl methyl sites for hydroxylation is 1. The van der Waals surface area contributed by atoms with Gasteiger partial charge in [0.25, 0.3) is 5.56 Å². The Morgan fingerprint density at radius 1 is 0.946 bits per heavy atom. The van der Waals surface area contributed by atoms with Crippen molar-refractivity contribution in [1.82, 2.24) is 20.1 Å². The molecule has 0 fully saturated rings. The molecule has 1 amide bonds. The zero-order valence-corrected chi connectivity index (χ0v) is 20.0. The minimum atomic E-state index is -0.757. The molecule has 8 heteroatoms. The van der Waals surface area contributed by atoms with Gasteiger partial charge in [0, 0.05) is 12.6 Å². The fourth-order valence-corrected chi connectivity index (χ4v) is 4.59. The molecule has 0 radical (unpaired) electrons. The third-order valence-corrected chi connectivity index (χ3v) is 6.36. The Morgan fingerprint density at radius 3 is 2.19 bits per heavy atom. The minimum Gasteiger partial charge on any atom is -0.358 e. The molecule has 0 saturated heterocycles. The SMILES string of the molecule is C.CC(=O)c1ccccc1.CNC(=O)C1(c2ccc(-n3ncc(=O)[nH]c3=O)cc2)CCc2ccccc21. The van der Waals surface area contributed by atoms with Crippen LogP contribution in [0.1, 0.15) is 47.8 Å². The van der Waals surface area contributed by atoms with Gasteiger partial charge in [0.2, 0.25) is 5.91 Å². The number of H-pyrrole nitrogens is 1. The van der Waals surface area contributed by atoms with E-state index in [1.54, 1.807) is 26.1 Å². The smallest absolute Gasteiger partial charge is 0.349 e. The minimum absolute atomic E-state index is 0. The van der Waals surface area contributed by atoms with Crippen LogP contribution in [-0.4, -0.2) is 33.5 Å². The first-order valence-electron chi connectivity index (χ1n) is 11.5. The Labute approximate surface area is 215 Å². The van der Waals surface area contributed by atoms with Crippen LogP contribution < -0.4 is 16.6 Å². The van der Waals surface area contributed by atoms with E-state index < -0.39 is 16.7 Å². The molecular formula is C29H30N4O4. The summed E-state index contributed by atoms with van der Waals surface area (Å²) < 4.78 is 1.11. The van der Waals surface area contributed by atoms with Gasteiger partial charge in [0.15, 0.2) is 5.78 Å². The molecule has 1 aliphatic rings. The number of Topliss-reactive ketones (excluding diaryl/α,β-unsaturated/α-hetero) is 1. The third-order valence-electron chi connectivity index (χ3n) is 6.36. The number of hydrogen-bond donors (Lipinski definition) is 2. The maximum atomic E-state index is 12.9. The normalized spacial score (nSPS) is 15.4. The fourth-order valence-electron chi connectivity index (χ4n) is 4.59. The molecule has 1 aromatic heterocycles. The van der Waals surface area contributed by atoms with Crippen LogP contribution in [0.5, 0.6) is 0 Å². The van der Waals surface area contributed by atoms with E-state index in [4.69, 9.17) is 0 Å². The van der Waals surface area contributed by atoms with Crippen LogP contribution in [0, 0.1) is 0 Å². The van der Waals surface area contributed by atoms with E-state index in [-0.39, 0.29) is 19.1 Å². The van der Waals surface area contributed by atoms with Crippen LogP contribution in [0.25, 0.3) is 5.69 Å². The molecule has 0 bridgehead atoms. The monoisotopic (exact) mass is 498 g/mol. The van der Waals surface area contributed by atoms with Crippen LogP contribution in [-0.2, 0) is 16.6 Å². The van der Waals surface area contributed by atoms with Crippen molar-refractivity contribution in [3.8, 4) is 5.69 Å². The first-order valence-corrected chi connectivity index (χ1v) is 11.5. The van der Waals surface area contributed by atoms with Crippen LogP contribution >= 0.6 is 0 Å². The number of benzene rings is 3. The first kappa shape index (κ1) is 27.0. The second kappa shape index (κ2) is 11.4. The number of fused-ring (bicyclic) bond motifs is 1. The Morgan fingerprint density at radius 2 is 1.59 bits per heavy atom. The summed E-state index contributed by atoms with van der Waals surface area (Å²) in [6.07, 6.45) is 2.56. The number of nitrogens with one attached hydrogen (secondary N) is 2. The fraction of sp³-hybridized carbons (Fsp3) is 0.207. The number of aromatic amines is 1. The molecule has 0 spiro atoms. The third kappa shape index (κ3) is 5.33. The van der Waals surface area contributed by atoms with Crippen molar-refractivity contribution in [3.63, 3.8) is 0 Å². The second-order valence-electron chi connectivity index (χ2n) is 8.46. The average Bonchev–Trinajstić information content (AvgIpc) is 3.30. The standard InChI is InChI=1S/C20H18N4O3.C8H8O.CH4/c1-21-18(26)20(11-10-13-4-2-3-5-16(13)20)14-6-8-15(9-7-14)24-19(27)23-17(25)12-22-24;1-7(9)8-5-3-2-4-6-8;/h2-9,12H,10-11H2,1H3,(H,21,26)(H,23,25,27);2-6H,1H3;1H4. The van der Waals surface area contributed by atoms with E-state index in [9.17, 15) is 19.2 Å². The molecule has 37 heavy (non-hydrogen) atoms. The highest BCUT2D eigenvalue weighted by molar-refractivity contribution is 5.94. The van der Waals surface area contributed by atoms with Crippen molar-refractivity contribution in [2.75, 3.05) is 7.05 Å². The van der Waals surface area contributed by atoms with Gasteiger partial charge >= 0.3 is 5.69 Å². The maximum Gasteiger partial charge on any atom is 0.349 e. The topological polar surface area (TPSA) is 114 Å². The van der Waals surface area contributed by atoms with Crippen LogP contribution in [0.3, 0.4) is 0 Å². The summed E-state index contributed by atoms with van der Waals surface area (Å²) in [7, 11) is 1.64. The van der Waals surface area contributed by atoms with Gasteiger partial charge in [0.1, 0.15) is 6.20 Å². The van der Waals surface area contributed by atoms with E-state index in [0.29, 0.717) is 12.1 Å². The molecular weight excluding hydrogens is 468 g/mol. The molecule has 5 rings (SSSR count). The van der Waals surface area contributed by atoms with Crippen molar-refractivity contribution in [2.24, 2.45) is 0 Å². The molecule has 1 unspecified atom stereocenters. The number of ketones is 1. The predicted molar refractivity (Wildman–Crippen MR) is 143 cm³/mol. The van der Waals surface area contributed by atoms with E-state index in [2.05, 4.69) is 21.5 Å². The second-order valence-corrected chi connectivity index (χ2v) is 8.46. The predicted octanol–water partition coefficient (Wildman–Crippen LogP) is 3.42. The molecule has 190 valence electrons. The summed E-state index contributed by atoms with van der Waals surface area (Å²) >= 11 is 0. The van der Waals surface area contributed by atoms with E-state index in [1.165, 1.54) is 5.56 Å². The van der Waals surface area contributed by atoms with Crippen LogP contribution in [0.15, 0.2) is 94.6 Å². The number of carbonyl (C=O) groups excluding carboxylic acids is 2. The number of hydrogen-bond acceptors (Lipinski definition) is 5. The van der Waals surface area contributed by atoms with Gasteiger partial charge in [0.05, 0.1) is 11.1 Å². The summed E-state index contributed by atoms with van der Waals surface area (Å²) in [6.45, 7) is 1.56. The lowest BCUT2D eigenvalue weighted by Crippen LogP contribution is -2.42. The highest BCUT2D eigenvalue weighted by Gasteiger charge is 2.46. The molecule has 0 saturated carbocycles. The maximum absolute atomic E-state index is 12.9. The van der Waals surface area contributed by atoms with Crippen molar-refractivity contribution < 1.29 is 9.59 Å². The molecule has 0 aliphatic heterocycles. The van der Waals surface area contributed by atoms with Crippen molar-refractivity contribution in [3.05, 3.63) is 128 Å². The summed E-state index contributed by atoms with van der Waals surface area (Å²) in [4.78, 5) is 48.9. The summed E-state index contributed by atoms with van der Waals surface area (Å²) in [5, 5.41) is 6.66. The van der Waals surface area contributed by atoms with Gasteiger partial charge in [-0.1, -0.05) is 74.2 Å². The van der Waals surface area contributed by atoms with Gasteiger partial charge < -0.3 is 5.32 Å². The van der Waals surface area contributed by atoms with Gasteiger partial charge in [-0.3, -0.25) is 19.4 Å². The highest BCUT2D eigenvalue weighted by Crippen LogP contribution is 2.44. The molecule has 1 aliphatic carbocycles. The van der Waals surface area contributed by atoms with E-state index in [1.807, 2.05) is 60.7 Å². The Hall–Kier alpha value is -4.59. The molecule has 1 atom stereocenters. The zero-order valence-electron chi connectivity index (χ0n) is 20.0. The first-order chi connectivity index (χ1) is 17.4. The van der Waals surface area contributed by atoms with E-state index >= 15 is 0 Å². The number of rotatable bonds is 4. The number of amides is 1. The van der Waals surface area contributed by atoms with Gasteiger partial charge in [-0.2, -0.15) is 9.78 Å². The number of aromatic nitrogens is 3.